The van der Waals surface area contributed by atoms with Crippen molar-refractivity contribution in [1.29, 1.82) is 0 Å². The van der Waals surface area contributed by atoms with Crippen LogP contribution in [0, 0.1) is 0 Å². The van der Waals surface area contributed by atoms with Gasteiger partial charge in [-0.3, -0.25) is 0 Å². The third-order valence-corrected chi connectivity index (χ3v) is 0.976. The van der Waals surface area contributed by atoms with E-state index in [-0.39, 0.29) is 6.54 Å². The Bertz CT molecular complexity index is 195. The highest BCUT2D eigenvalue weighted by Gasteiger charge is 2.30. The average molecular weight is 181 g/mol. The van der Waals surface area contributed by atoms with Crippen LogP contribution in [0.3, 0.4) is 0 Å². The SMILES string of the molecule is C=C(/C=C(\C)CN)OC(F)(F)F. The maximum atomic E-state index is 11.5. The minimum absolute atomic E-state index is 0.181. The minimum Gasteiger partial charge on any atom is -0.406 e. The van der Waals surface area contributed by atoms with Gasteiger partial charge in [0.2, 0.25) is 0 Å². The number of ether oxygens (including phenoxy) is 1. The molecular formula is C7H10F3NO. The summed E-state index contributed by atoms with van der Waals surface area (Å²) >= 11 is 0. The van der Waals surface area contributed by atoms with Crippen molar-refractivity contribution in [2.24, 2.45) is 5.73 Å². The normalized spacial score (nSPS) is 12.9. The molecule has 12 heavy (non-hydrogen) atoms. The number of alkyl halides is 3. The van der Waals surface area contributed by atoms with Crippen molar-refractivity contribution in [3.05, 3.63) is 24.0 Å². The smallest absolute Gasteiger partial charge is 0.406 e. The van der Waals surface area contributed by atoms with E-state index >= 15 is 0 Å². The van der Waals surface area contributed by atoms with Crippen LogP contribution in [0.5, 0.6) is 0 Å². The fourth-order valence-electron chi connectivity index (χ4n) is 0.512. The average Bonchev–Trinajstić information content (AvgIpc) is 1.82. The Morgan fingerprint density at radius 3 is 2.42 bits per heavy atom. The highest BCUT2D eigenvalue weighted by molar-refractivity contribution is 5.14. The first-order valence-corrected chi connectivity index (χ1v) is 3.17. The summed E-state index contributed by atoms with van der Waals surface area (Å²) in [6.45, 7) is 4.82. The zero-order chi connectivity index (χ0) is 9.78. The second-order valence-corrected chi connectivity index (χ2v) is 2.21. The van der Waals surface area contributed by atoms with E-state index in [2.05, 4.69) is 11.3 Å². The molecule has 0 spiro atoms. The Morgan fingerprint density at radius 1 is 1.58 bits per heavy atom. The molecule has 0 aliphatic carbocycles. The first-order valence-electron chi connectivity index (χ1n) is 3.17. The van der Waals surface area contributed by atoms with E-state index in [1.54, 1.807) is 6.92 Å². The number of halogens is 3. The molecule has 2 nitrogen and oxygen atoms in total. The van der Waals surface area contributed by atoms with Crippen molar-refractivity contribution in [2.75, 3.05) is 6.54 Å². The number of hydrogen-bond donors (Lipinski definition) is 1. The lowest BCUT2D eigenvalue weighted by atomic mass is 10.3. The fourth-order valence-corrected chi connectivity index (χ4v) is 0.512. The molecule has 0 saturated carbocycles. The standard InChI is InChI=1S/C7H10F3NO/c1-5(4-11)3-6(2)12-7(8,9)10/h3H,2,4,11H2,1H3/b5-3+. The maximum Gasteiger partial charge on any atom is 0.573 e. The van der Waals surface area contributed by atoms with E-state index in [9.17, 15) is 13.2 Å². The van der Waals surface area contributed by atoms with Crippen molar-refractivity contribution in [3.8, 4) is 0 Å². The monoisotopic (exact) mass is 181 g/mol. The fraction of sp³-hybridized carbons (Fsp3) is 0.429. The summed E-state index contributed by atoms with van der Waals surface area (Å²) in [5, 5.41) is 0. The van der Waals surface area contributed by atoms with Crippen LogP contribution in [-0.2, 0) is 4.74 Å². The van der Waals surface area contributed by atoms with Gasteiger partial charge < -0.3 is 10.5 Å². The van der Waals surface area contributed by atoms with E-state index in [1.165, 1.54) is 0 Å². The maximum absolute atomic E-state index is 11.5. The number of nitrogens with two attached hydrogens (primary N) is 1. The largest absolute Gasteiger partial charge is 0.573 e. The molecular weight excluding hydrogens is 171 g/mol. The van der Waals surface area contributed by atoms with Crippen LogP contribution in [0.1, 0.15) is 6.92 Å². The van der Waals surface area contributed by atoms with Gasteiger partial charge in [0.1, 0.15) is 5.76 Å². The topological polar surface area (TPSA) is 35.2 Å². The van der Waals surface area contributed by atoms with Gasteiger partial charge in [0.05, 0.1) is 0 Å². The van der Waals surface area contributed by atoms with Crippen molar-refractivity contribution < 1.29 is 17.9 Å². The molecule has 0 atom stereocenters. The van der Waals surface area contributed by atoms with Gasteiger partial charge in [0.25, 0.3) is 0 Å². The first-order chi connectivity index (χ1) is 5.35. The van der Waals surface area contributed by atoms with Gasteiger partial charge >= 0.3 is 6.36 Å². The van der Waals surface area contributed by atoms with Crippen molar-refractivity contribution >= 4 is 0 Å². The summed E-state index contributed by atoms with van der Waals surface area (Å²) in [7, 11) is 0. The van der Waals surface area contributed by atoms with Gasteiger partial charge in [-0.25, -0.2) is 0 Å². The zero-order valence-electron chi connectivity index (χ0n) is 6.61. The molecule has 0 aromatic heterocycles. The van der Waals surface area contributed by atoms with Gasteiger partial charge in [-0.05, 0) is 13.0 Å². The van der Waals surface area contributed by atoms with Gasteiger partial charge in [-0.15, -0.1) is 13.2 Å². The molecule has 0 aliphatic rings. The second kappa shape index (κ2) is 4.15. The summed E-state index contributed by atoms with van der Waals surface area (Å²) in [6, 6.07) is 0. The number of hydrogen-bond acceptors (Lipinski definition) is 2. The van der Waals surface area contributed by atoms with Crippen molar-refractivity contribution in [2.45, 2.75) is 13.3 Å². The summed E-state index contributed by atoms with van der Waals surface area (Å²) in [4.78, 5) is 0. The minimum atomic E-state index is -4.68. The van der Waals surface area contributed by atoms with Crippen LogP contribution in [0.15, 0.2) is 24.0 Å². The Kier molecular flexibility index (Phi) is 3.82. The summed E-state index contributed by atoms with van der Waals surface area (Å²) < 4.78 is 38.0. The molecule has 2 N–H and O–H groups in total. The van der Waals surface area contributed by atoms with Gasteiger partial charge in [0.15, 0.2) is 0 Å². The summed E-state index contributed by atoms with van der Waals surface area (Å²) in [5.41, 5.74) is 5.71. The summed E-state index contributed by atoms with van der Waals surface area (Å²) in [6.07, 6.45) is -3.53. The van der Waals surface area contributed by atoms with Crippen LogP contribution >= 0.6 is 0 Å². The predicted molar refractivity (Wildman–Crippen MR) is 39.1 cm³/mol. The van der Waals surface area contributed by atoms with E-state index in [0.29, 0.717) is 5.57 Å². The van der Waals surface area contributed by atoms with Crippen LogP contribution < -0.4 is 5.73 Å². The van der Waals surface area contributed by atoms with Gasteiger partial charge in [-0.1, -0.05) is 12.2 Å². The number of allylic oxidation sites excluding steroid dienone is 1. The Morgan fingerprint density at radius 2 is 2.08 bits per heavy atom. The van der Waals surface area contributed by atoms with Crippen molar-refractivity contribution in [1.82, 2.24) is 0 Å². The van der Waals surface area contributed by atoms with Crippen LogP contribution in [0.25, 0.3) is 0 Å². The molecule has 0 heterocycles. The molecule has 0 rings (SSSR count). The lowest BCUT2D eigenvalue weighted by Gasteiger charge is -2.08. The molecule has 70 valence electrons. The lowest BCUT2D eigenvalue weighted by molar-refractivity contribution is -0.303. The van der Waals surface area contributed by atoms with E-state index in [0.717, 1.165) is 6.08 Å². The molecule has 0 saturated heterocycles. The molecule has 5 heteroatoms. The molecule has 0 bridgehead atoms. The third kappa shape index (κ3) is 5.79. The molecule has 0 fully saturated rings. The third-order valence-electron chi connectivity index (χ3n) is 0.976. The highest BCUT2D eigenvalue weighted by atomic mass is 19.4. The quantitative estimate of drug-likeness (QED) is 0.533. The van der Waals surface area contributed by atoms with Gasteiger partial charge in [-0.2, -0.15) is 0 Å². The Balaban J connectivity index is 4.08. The Hall–Kier alpha value is -0.970. The molecule has 0 aromatic carbocycles. The second-order valence-electron chi connectivity index (χ2n) is 2.21. The highest BCUT2D eigenvalue weighted by Crippen LogP contribution is 2.20. The van der Waals surface area contributed by atoms with Crippen LogP contribution in [-0.4, -0.2) is 12.9 Å². The van der Waals surface area contributed by atoms with E-state index in [1.807, 2.05) is 0 Å². The zero-order valence-corrected chi connectivity index (χ0v) is 6.61. The Labute approximate surface area is 68.5 Å². The van der Waals surface area contributed by atoms with E-state index < -0.39 is 12.1 Å². The van der Waals surface area contributed by atoms with Gasteiger partial charge in [0, 0.05) is 6.54 Å². The molecule has 0 amide bonds. The predicted octanol–water partition coefficient (Wildman–Crippen LogP) is 1.94. The van der Waals surface area contributed by atoms with Crippen LogP contribution in [0.4, 0.5) is 13.2 Å². The summed E-state index contributed by atoms with van der Waals surface area (Å²) in [5.74, 6) is -0.453. The van der Waals surface area contributed by atoms with E-state index in [4.69, 9.17) is 5.73 Å². The van der Waals surface area contributed by atoms with Crippen molar-refractivity contribution in [3.63, 3.8) is 0 Å². The lowest BCUT2D eigenvalue weighted by Crippen LogP contribution is -2.12. The molecule has 0 aliphatic heterocycles. The molecule has 0 aromatic rings. The molecule has 0 radical (unpaired) electrons. The van der Waals surface area contributed by atoms with Crippen LogP contribution in [0.2, 0.25) is 0 Å². The number of rotatable bonds is 3. The molecule has 0 unspecified atom stereocenters. The first kappa shape index (κ1) is 11.0.